The smallest absolute Gasteiger partial charge is 0.122 e. The molecule has 3 heteroatoms. The van der Waals surface area contributed by atoms with Crippen molar-refractivity contribution in [3.63, 3.8) is 0 Å². The molecule has 0 spiro atoms. The van der Waals surface area contributed by atoms with Gasteiger partial charge < -0.3 is 15.0 Å². The monoisotopic (exact) mass is 250 g/mol. The molecule has 1 aromatic carbocycles. The molecule has 0 atom stereocenters. The van der Waals surface area contributed by atoms with Crippen LogP contribution in [0.3, 0.4) is 0 Å². The number of methoxy groups -OCH3 is 1. The average molecular weight is 250 g/mol. The van der Waals surface area contributed by atoms with Crippen LogP contribution in [0.5, 0.6) is 5.75 Å². The average Bonchev–Trinajstić information content (AvgIpc) is 2.27. The van der Waals surface area contributed by atoms with E-state index in [-0.39, 0.29) is 5.41 Å². The van der Waals surface area contributed by atoms with Crippen molar-refractivity contribution >= 4 is 5.69 Å². The highest BCUT2D eigenvalue weighted by Gasteiger charge is 2.19. The normalized spacial score (nSPS) is 11.7. The number of likely N-dealkylation sites (N-methyl/N-ethyl adjacent to an activating group) is 1. The summed E-state index contributed by atoms with van der Waals surface area (Å²) < 4.78 is 5.43. The SMILES string of the molecule is COc1ccc(NCCN(C)C)cc1C(C)(C)C. The Hall–Kier alpha value is -1.22. The van der Waals surface area contributed by atoms with Crippen molar-refractivity contribution in [2.45, 2.75) is 26.2 Å². The van der Waals surface area contributed by atoms with E-state index in [9.17, 15) is 0 Å². The predicted octanol–water partition coefficient (Wildman–Crippen LogP) is 2.97. The summed E-state index contributed by atoms with van der Waals surface area (Å²) in [6.45, 7) is 8.58. The Labute approximate surface area is 111 Å². The summed E-state index contributed by atoms with van der Waals surface area (Å²) >= 11 is 0. The van der Waals surface area contributed by atoms with Gasteiger partial charge in [0.2, 0.25) is 0 Å². The van der Waals surface area contributed by atoms with Crippen molar-refractivity contribution in [3.8, 4) is 5.75 Å². The third kappa shape index (κ3) is 4.22. The number of ether oxygens (including phenoxy) is 1. The lowest BCUT2D eigenvalue weighted by atomic mass is 9.86. The van der Waals surface area contributed by atoms with Gasteiger partial charge in [-0.15, -0.1) is 0 Å². The molecule has 102 valence electrons. The first-order valence-corrected chi connectivity index (χ1v) is 6.41. The fourth-order valence-electron chi connectivity index (χ4n) is 1.83. The van der Waals surface area contributed by atoms with Gasteiger partial charge in [0.1, 0.15) is 5.75 Å². The van der Waals surface area contributed by atoms with Crippen LogP contribution in [0.4, 0.5) is 5.69 Å². The van der Waals surface area contributed by atoms with E-state index in [1.807, 2.05) is 6.07 Å². The Morgan fingerprint density at radius 1 is 1.22 bits per heavy atom. The molecule has 0 heterocycles. The molecule has 1 rings (SSSR count). The standard InChI is InChI=1S/C15H26N2O/c1-15(2,3)13-11-12(7-8-14(13)18-6)16-9-10-17(4)5/h7-8,11,16H,9-10H2,1-6H3. The number of anilines is 1. The van der Waals surface area contributed by atoms with Crippen LogP contribution in [-0.4, -0.2) is 39.2 Å². The van der Waals surface area contributed by atoms with E-state index in [4.69, 9.17) is 4.74 Å². The summed E-state index contributed by atoms with van der Waals surface area (Å²) in [6, 6.07) is 6.30. The molecule has 0 radical (unpaired) electrons. The fourth-order valence-corrected chi connectivity index (χ4v) is 1.83. The third-order valence-electron chi connectivity index (χ3n) is 2.90. The lowest BCUT2D eigenvalue weighted by molar-refractivity contribution is 0.397. The molecule has 0 amide bonds. The summed E-state index contributed by atoms with van der Waals surface area (Å²) in [4.78, 5) is 2.17. The van der Waals surface area contributed by atoms with Crippen molar-refractivity contribution in [3.05, 3.63) is 23.8 Å². The molecular weight excluding hydrogens is 224 g/mol. The lowest BCUT2D eigenvalue weighted by Crippen LogP contribution is -2.21. The van der Waals surface area contributed by atoms with E-state index in [0.717, 1.165) is 24.5 Å². The zero-order valence-corrected chi connectivity index (χ0v) is 12.5. The highest BCUT2D eigenvalue weighted by molar-refractivity contribution is 5.53. The summed E-state index contributed by atoms with van der Waals surface area (Å²) in [5, 5.41) is 3.44. The third-order valence-corrected chi connectivity index (χ3v) is 2.90. The molecular formula is C15H26N2O. The van der Waals surface area contributed by atoms with E-state index in [0.29, 0.717) is 0 Å². The molecule has 0 fully saturated rings. The van der Waals surface area contributed by atoms with Crippen molar-refractivity contribution in [2.24, 2.45) is 0 Å². The molecule has 0 bridgehead atoms. The van der Waals surface area contributed by atoms with Crippen LogP contribution >= 0.6 is 0 Å². The van der Waals surface area contributed by atoms with Crippen LogP contribution in [0.2, 0.25) is 0 Å². The molecule has 0 aliphatic rings. The second kappa shape index (κ2) is 6.10. The Balaban J connectivity index is 2.83. The van der Waals surface area contributed by atoms with E-state index >= 15 is 0 Å². The minimum absolute atomic E-state index is 0.0879. The predicted molar refractivity (Wildman–Crippen MR) is 78.7 cm³/mol. The number of nitrogens with one attached hydrogen (secondary N) is 1. The van der Waals surface area contributed by atoms with Crippen LogP contribution in [0.15, 0.2) is 18.2 Å². The molecule has 0 aromatic heterocycles. The molecule has 18 heavy (non-hydrogen) atoms. The van der Waals surface area contributed by atoms with Crippen molar-refractivity contribution in [1.29, 1.82) is 0 Å². The summed E-state index contributed by atoms with van der Waals surface area (Å²) in [5.41, 5.74) is 2.48. The van der Waals surface area contributed by atoms with Gasteiger partial charge in [-0.2, -0.15) is 0 Å². The summed E-state index contributed by atoms with van der Waals surface area (Å²) in [5.74, 6) is 0.959. The maximum Gasteiger partial charge on any atom is 0.122 e. The quantitative estimate of drug-likeness (QED) is 0.869. The highest BCUT2D eigenvalue weighted by atomic mass is 16.5. The van der Waals surface area contributed by atoms with E-state index in [2.05, 4.69) is 57.2 Å². The van der Waals surface area contributed by atoms with Gasteiger partial charge in [-0.05, 0) is 37.7 Å². The molecule has 0 aliphatic heterocycles. The highest BCUT2D eigenvalue weighted by Crippen LogP contribution is 2.33. The van der Waals surface area contributed by atoms with Crippen LogP contribution in [0.25, 0.3) is 0 Å². The zero-order chi connectivity index (χ0) is 13.8. The number of benzene rings is 1. The molecule has 1 aromatic rings. The molecule has 1 N–H and O–H groups in total. The van der Waals surface area contributed by atoms with Gasteiger partial charge in [-0.1, -0.05) is 20.8 Å². The van der Waals surface area contributed by atoms with Gasteiger partial charge >= 0.3 is 0 Å². The van der Waals surface area contributed by atoms with Gasteiger partial charge in [0, 0.05) is 24.3 Å². The molecule has 3 nitrogen and oxygen atoms in total. The number of nitrogens with zero attached hydrogens (tertiary/aromatic N) is 1. The largest absolute Gasteiger partial charge is 0.496 e. The fraction of sp³-hybridized carbons (Fsp3) is 0.600. The Morgan fingerprint density at radius 2 is 1.89 bits per heavy atom. The second-order valence-electron chi connectivity index (χ2n) is 5.90. The summed E-state index contributed by atoms with van der Waals surface area (Å²) in [6.07, 6.45) is 0. The first-order valence-electron chi connectivity index (χ1n) is 6.41. The molecule has 0 saturated carbocycles. The number of hydrogen-bond donors (Lipinski definition) is 1. The topological polar surface area (TPSA) is 24.5 Å². The minimum atomic E-state index is 0.0879. The van der Waals surface area contributed by atoms with Crippen molar-refractivity contribution in [2.75, 3.05) is 39.6 Å². The summed E-state index contributed by atoms with van der Waals surface area (Å²) in [7, 11) is 5.89. The van der Waals surface area contributed by atoms with Gasteiger partial charge in [0.25, 0.3) is 0 Å². The molecule has 0 unspecified atom stereocenters. The van der Waals surface area contributed by atoms with Crippen LogP contribution in [-0.2, 0) is 5.41 Å². The number of hydrogen-bond acceptors (Lipinski definition) is 3. The number of rotatable bonds is 5. The molecule has 0 aliphatic carbocycles. The maximum atomic E-state index is 5.43. The van der Waals surface area contributed by atoms with Gasteiger partial charge in [0.15, 0.2) is 0 Å². The van der Waals surface area contributed by atoms with Gasteiger partial charge in [-0.3, -0.25) is 0 Å². The van der Waals surface area contributed by atoms with Crippen LogP contribution in [0.1, 0.15) is 26.3 Å². The van der Waals surface area contributed by atoms with Crippen molar-refractivity contribution < 1.29 is 4.74 Å². The van der Waals surface area contributed by atoms with Crippen LogP contribution in [0, 0.1) is 0 Å². The van der Waals surface area contributed by atoms with E-state index in [1.165, 1.54) is 5.56 Å². The Kier molecular flexibility index (Phi) is 5.03. The van der Waals surface area contributed by atoms with E-state index < -0.39 is 0 Å². The second-order valence-corrected chi connectivity index (χ2v) is 5.90. The Morgan fingerprint density at radius 3 is 2.39 bits per heavy atom. The van der Waals surface area contributed by atoms with Crippen molar-refractivity contribution in [1.82, 2.24) is 4.90 Å². The van der Waals surface area contributed by atoms with Gasteiger partial charge in [-0.25, -0.2) is 0 Å². The van der Waals surface area contributed by atoms with Crippen LogP contribution < -0.4 is 10.1 Å². The van der Waals surface area contributed by atoms with Gasteiger partial charge in [0.05, 0.1) is 7.11 Å². The first-order chi connectivity index (χ1) is 8.34. The van der Waals surface area contributed by atoms with E-state index in [1.54, 1.807) is 7.11 Å². The Bertz CT molecular complexity index is 381. The molecule has 0 saturated heterocycles. The minimum Gasteiger partial charge on any atom is -0.496 e. The first kappa shape index (κ1) is 14.8. The lowest BCUT2D eigenvalue weighted by Gasteiger charge is -2.23. The zero-order valence-electron chi connectivity index (χ0n) is 12.5. The maximum absolute atomic E-state index is 5.43.